The molecule has 1 heterocycles. The Morgan fingerprint density at radius 1 is 1.26 bits per heavy atom. The van der Waals surface area contributed by atoms with Crippen molar-refractivity contribution in [1.82, 2.24) is 4.31 Å². The Labute approximate surface area is 135 Å². The zero-order valence-corrected chi connectivity index (χ0v) is 13.7. The zero-order chi connectivity index (χ0) is 17.0. The number of esters is 1. The molecular weight excluding hydrogens is 320 g/mol. The maximum Gasteiger partial charge on any atom is 0.324 e. The van der Waals surface area contributed by atoms with Crippen molar-refractivity contribution in [2.45, 2.75) is 37.1 Å². The number of benzene rings is 1. The molecular formula is C15H20N2O5S. The Balaban J connectivity index is 2.24. The van der Waals surface area contributed by atoms with Gasteiger partial charge >= 0.3 is 5.97 Å². The summed E-state index contributed by atoms with van der Waals surface area (Å²) >= 11 is 0. The number of piperidine rings is 1. The molecule has 1 aliphatic heterocycles. The van der Waals surface area contributed by atoms with Crippen molar-refractivity contribution in [3.63, 3.8) is 0 Å². The number of ether oxygens (including phenoxy) is 1. The Hall–Kier alpha value is -1.93. The van der Waals surface area contributed by atoms with Crippen molar-refractivity contribution in [2.24, 2.45) is 5.73 Å². The van der Waals surface area contributed by atoms with Gasteiger partial charge in [0, 0.05) is 6.54 Å². The Kier molecular flexibility index (Phi) is 5.38. The highest BCUT2D eigenvalue weighted by atomic mass is 32.2. The molecule has 1 fully saturated rings. The van der Waals surface area contributed by atoms with Gasteiger partial charge in [-0.15, -0.1) is 0 Å². The highest BCUT2D eigenvalue weighted by Gasteiger charge is 2.38. The molecule has 0 aromatic heterocycles. The third-order valence-corrected chi connectivity index (χ3v) is 5.63. The van der Waals surface area contributed by atoms with Crippen molar-refractivity contribution >= 4 is 21.9 Å². The van der Waals surface area contributed by atoms with Gasteiger partial charge in [-0.25, -0.2) is 8.42 Å². The molecule has 126 valence electrons. The largest absolute Gasteiger partial charge is 0.454 e. The van der Waals surface area contributed by atoms with Gasteiger partial charge in [-0.2, -0.15) is 4.31 Å². The minimum atomic E-state index is -3.80. The number of aryl methyl sites for hydroxylation is 1. The average Bonchev–Trinajstić information content (AvgIpc) is 2.53. The van der Waals surface area contributed by atoms with E-state index in [1.54, 1.807) is 12.1 Å². The molecule has 1 aliphatic rings. The van der Waals surface area contributed by atoms with E-state index in [4.69, 9.17) is 10.5 Å². The van der Waals surface area contributed by atoms with Crippen LogP contribution < -0.4 is 5.73 Å². The predicted molar refractivity (Wildman–Crippen MR) is 82.9 cm³/mol. The fourth-order valence-corrected chi connectivity index (χ4v) is 4.16. The number of amides is 1. The predicted octanol–water partition coefficient (Wildman–Crippen LogP) is 0.567. The first-order chi connectivity index (χ1) is 10.8. The Morgan fingerprint density at radius 3 is 2.52 bits per heavy atom. The van der Waals surface area contributed by atoms with Crippen LogP contribution in [0.3, 0.4) is 0 Å². The van der Waals surface area contributed by atoms with Crippen LogP contribution in [0.15, 0.2) is 29.2 Å². The van der Waals surface area contributed by atoms with Crippen LogP contribution in [-0.2, 0) is 24.3 Å². The first kappa shape index (κ1) is 17.4. The molecule has 23 heavy (non-hydrogen) atoms. The lowest BCUT2D eigenvalue weighted by Gasteiger charge is -2.32. The van der Waals surface area contributed by atoms with E-state index in [-0.39, 0.29) is 11.4 Å². The number of primary amides is 1. The SMILES string of the molecule is Cc1ccc(S(=O)(=O)N2CCCCC2C(=O)OCC(N)=O)cc1. The van der Waals surface area contributed by atoms with Crippen LogP contribution in [0.5, 0.6) is 0 Å². The van der Waals surface area contributed by atoms with Gasteiger partial charge in [0.05, 0.1) is 4.90 Å². The van der Waals surface area contributed by atoms with E-state index >= 15 is 0 Å². The summed E-state index contributed by atoms with van der Waals surface area (Å²) in [5.41, 5.74) is 5.89. The second-order valence-corrected chi connectivity index (χ2v) is 7.40. The van der Waals surface area contributed by atoms with Gasteiger partial charge in [0.1, 0.15) is 6.04 Å². The second-order valence-electron chi connectivity index (χ2n) is 5.51. The normalized spacial score (nSPS) is 19.3. The van der Waals surface area contributed by atoms with Crippen LogP contribution in [0.4, 0.5) is 0 Å². The number of carbonyl (C=O) groups is 2. The quantitative estimate of drug-likeness (QED) is 0.789. The van der Waals surface area contributed by atoms with Gasteiger partial charge in [0.25, 0.3) is 5.91 Å². The molecule has 0 bridgehead atoms. The summed E-state index contributed by atoms with van der Waals surface area (Å²) < 4.78 is 31.5. The molecule has 1 aromatic carbocycles. The lowest BCUT2D eigenvalue weighted by Crippen LogP contribution is -2.48. The van der Waals surface area contributed by atoms with Crippen LogP contribution in [0, 0.1) is 6.92 Å². The highest BCUT2D eigenvalue weighted by Crippen LogP contribution is 2.26. The molecule has 1 amide bonds. The summed E-state index contributed by atoms with van der Waals surface area (Å²) in [6, 6.07) is 5.53. The second kappa shape index (κ2) is 7.10. The summed E-state index contributed by atoms with van der Waals surface area (Å²) in [7, 11) is -3.80. The lowest BCUT2D eigenvalue weighted by molar-refractivity contribution is -0.152. The molecule has 0 aliphatic carbocycles. The third kappa shape index (κ3) is 4.08. The maximum absolute atomic E-state index is 12.8. The van der Waals surface area contributed by atoms with Crippen molar-refractivity contribution in [3.05, 3.63) is 29.8 Å². The molecule has 1 aromatic rings. The van der Waals surface area contributed by atoms with Gasteiger partial charge in [-0.1, -0.05) is 17.7 Å². The standard InChI is InChI=1S/C15H20N2O5S/c1-11-5-7-12(8-6-11)23(20,21)17-9-3-2-4-13(17)15(19)22-10-14(16)18/h5-8,13H,2-4,9-10H2,1H3,(H2,16,18). The van der Waals surface area contributed by atoms with Gasteiger partial charge < -0.3 is 10.5 Å². The molecule has 7 nitrogen and oxygen atoms in total. The highest BCUT2D eigenvalue weighted by molar-refractivity contribution is 7.89. The Bertz CT molecular complexity index is 684. The van der Waals surface area contributed by atoms with E-state index in [1.165, 1.54) is 12.1 Å². The number of hydrogen-bond donors (Lipinski definition) is 1. The lowest BCUT2D eigenvalue weighted by atomic mass is 10.1. The fourth-order valence-electron chi connectivity index (χ4n) is 2.51. The summed E-state index contributed by atoms with van der Waals surface area (Å²) in [4.78, 5) is 23.0. The minimum absolute atomic E-state index is 0.137. The third-order valence-electron chi connectivity index (χ3n) is 3.71. The summed E-state index contributed by atoms with van der Waals surface area (Å²) in [6.07, 6.45) is 1.75. The van der Waals surface area contributed by atoms with Gasteiger partial charge in [0.2, 0.25) is 10.0 Å². The van der Waals surface area contributed by atoms with Crippen LogP contribution in [-0.4, -0.2) is 43.8 Å². The minimum Gasteiger partial charge on any atom is -0.454 e. The Morgan fingerprint density at radius 2 is 1.91 bits per heavy atom. The van der Waals surface area contributed by atoms with Gasteiger partial charge in [0.15, 0.2) is 6.61 Å². The number of hydrogen-bond acceptors (Lipinski definition) is 5. The molecule has 0 radical (unpaired) electrons. The van der Waals surface area contributed by atoms with Crippen LogP contribution in [0.2, 0.25) is 0 Å². The number of rotatable bonds is 5. The number of sulfonamides is 1. The summed E-state index contributed by atoms with van der Waals surface area (Å²) in [6.45, 7) is 1.56. The van der Waals surface area contributed by atoms with Crippen molar-refractivity contribution < 1.29 is 22.7 Å². The smallest absolute Gasteiger partial charge is 0.324 e. The summed E-state index contributed by atoms with van der Waals surface area (Å²) in [5.74, 6) is -1.51. The van der Waals surface area contributed by atoms with Crippen molar-refractivity contribution in [1.29, 1.82) is 0 Å². The molecule has 0 saturated carbocycles. The molecule has 1 saturated heterocycles. The maximum atomic E-state index is 12.8. The first-order valence-electron chi connectivity index (χ1n) is 7.36. The molecule has 8 heteroatoms. The molecule has 0 spiro atoms. The summed E-state index contributed by atoms with van der Waals surface area (Å²) in [5, 5.41) is 0. The fraction of sp³-hybridized carbons (Fsp3) is 0.467. The number of nitrogens with zero attached hydrogens (tertiary/aromatic N) is 1. The topological polar surface area (TPSA) is 107 Å². The molecule has 1 atom stereocenters. The molecule has 1 unspecified atom stereocenters. The van der Waals surface area contributed by atoms with Crippen LogP contribution >= 0.6 is 0 Å². The van der Waals surface area contributed by atoms with E-state index in [1.807, 2.05) is 6.92 Å². The number of nitrogens with two attached hydrogens (primary N) is 1. The van der Waals surface area contributed by atoms with E-state index in [0.29, 0.717) is 12.8 Å². The van der Waals surface area contributed by atoms with E-state index in [0.717, 1.165) is 16.3 Å². The molecule has 2 rings (SSSR count). The number of carbonyl (C=O) groups excluding carboxylic acids is 2. The molecule has 2 N–H and O–H groups in total. The van der Waals surface area contributed by atoms with Crippen LogP contribution in [0.1, 0.15) is 24.8 Å². The van der Waals surface area contributed by atoms with Crippen molar-refractivity contribution in [2.75, 3.05) is 13.2 Å². The van der Waals surface area contributed by atoms with E-state index in [9.17, 15) is 18.0 Å². The van der Waals surface area contributed by atoms with E-state index < -0.39 is 34.5 Å². The van der Waals surface area contributed by atoms with Gasteiger partial charge in [-0.3, -0.25) is 9.59 Å². The zero-order valence-electron chi connectivity index (χ0n) is 12.9. The first-order valence-corrected chi connectivity index (χ1v) is 8.80. The average molecular weight is 340 g/mol. The van der Waals surface area contributed by atoms with Gasteiger partial charge in [-0.05, 0) is 38.3 Å². The van der Waals surface area contributed by atoms with E-state index in [2.05, 4.69) is 0 Å². The van der Waals surface area contributed by atoms with Crippen LogP contribution in [0.25, 0.3) is 0 Å². The monoisotopic (exact) mass is 340 g/mol. The van der Waals surface area contributed by atoms with Crippen molar-refractivity contribution in [3.8, 4) is 0 Å².